The summed E-state index contributed by atoms with van der Waals surface area (Å²) in [5.74, 6) is 0. The van der Waals surface area contributed by atoms with Crippen LogP contribution in [-0.2, 0) is 10.2 Å². The van der Waals surface area contributed by atoms with Crippen LogP contribution in [0.15, 0.2) is 54.1 Å². The van der Waals surface area contributed by atoms with Crippen molar-refractivity contribution in [2.75, 3.05) is 13.2 Å². The minimum Gasteiger partial charge on any atom is -0.445 e. The monoisotopic (exact) mass is 294 g/mol. The normalized spacial score (nSPS) is 27.7. The van der Waals surface area contributed by atoms with Crippen molar-refractivity contribution in [2.45, 2.75) is 24.3 Å². The Hall–Kier alpha value is -2.36. The van der Waals surface area contributed by atoms with E-state index < -0.39 is 0 Å². The van der Waals surface area contributed by atoms with E-state index in [0.717, 1.165) is 24.2 Å². The van der Waals surface area contributed by atoms with Crippen molar-refractivity contribution in [3.8, 4) is 0 Å². The topological polar surface area (TPSA) is 41.9 Å². The van der Waals surface area contributed by atoms with Gasteiger partial charge in [-0.2, -0.15) is 0 Å². The summed E-state index contributed by atoms with van der Waals surface area (Å²) in [6.07, 6.45) is 7.44. The zero-order valence-electron chi connectivity index (χ0n) is 12.4. The quantitative estimate of drug-likeness (QED) is 0.785. The summed E-state index contributed by atoms with van der Waals surface area (Å²) in [6, 6.07) is 8.29. The first-order valence-electron chi connectivity index (χ1n) is 7.67. The Balaban J connectivity index is 1.72. The van der Waals surface area contributed by atoms with Gasteiger partial charge in [0.15, 0.2) is 0 Å². The minimum absolute atomic E-state index is 0.00321. The maximum absolute atomic E-state index is 12.3. The number of para-hydroxylation sites is 1. The van der Waals surface area contributed by atoms with Crippen LogP contribution in [0.25, 0.3) is 0 Å². The van der Waals surface area contributed by atoms with Gasteiger partial charge in [-0.05, 0) is 24.5 Å². The highest BCUT2D eigenvalue weighted by Crippen LogP contribution is 2.49. The molecule has 2 bridgehead atoms. The van der Waals surface area contributed by atoms with E-state index in [-0.39, 0.29) is 24.2 Å². The molecule has 1 aromatic carbocycles. The maximum Gasteiger partial charge on any atom is 0.410 e. The van der Waals surface area contributed by atoms with Crippen molar-refractivity contribution in [1.82, 2.24) is 4.90 Å². The average molecular weight is 294 g/mol. The highest BCUT2D eigenvalue weighted by Gasteiger charge is 2.52. The number of carbonyl (C=O) groups is 1. The van der Waals surface area contributed by atoms with Gasteiger partial charge in [0.2, 0.25) is 0 Å². The van der Waals surface area contributed by atoms with Crippen LogP contribution < -0.4 is 0 Å². The molecule has 0 aromatic heterocycles. The lowest BCUT2D eigenvalue weighted by Gasteiger charge is -2.46. The molecule has 0 spiro atoms. The first kappa shape index (κ1) is 13.3. The number of rotatable bonds is 2. The van der Waals surface area contributed by atoms with Crippen LogP contribution in [0, 0.1) is 0 Å². The van der Waals surface area contributed by atoms with Gasteiger partial charge in [-0.1, -0.05) is 43.0 Å². The molecule has 1 aromatic rings. The fourth-order valence-electron chi connectivity index (χ4n) is 3.88. The smallest absolute Gasteiger partial charge is 0.410 e. The van der Waals surface area contributed by atoms with E-state index in [9.17, 15) is 4.79 Å². The highest BCUT2D eigenvalue weighted by atomic mass is 16.6. The number of aliphatic imine (C=N–C) groups is 1. The van der Waals surface area contributed by atoms with Gasteiger partial charge in [-0.25, -0.2) is 4.79 Å². The third kappa shape index (κ3) is 1.70. The number of ether oxygens (including phenoxy) is 1. The number of hydrogen-bond acceptors (Lipinski definition) is 3. The molecule has 1 aliphatic carbocycles. The lowest BCUT2D eigenvalue weighted by atomic mass is 9.67. The number of piperidine rings is 1. The Kier molecular flexibility index (Phi) is 2.93. The average Bonchev–Trinajstić information content (AvgIpc) is 2.88. The summed E-state index contributed by atoms with van der Waals surface area (Å²) in [6.45, 7) is 4.53. The van der Waals surface area contributed by atoms with Gasteiger partial charge in [-0.3, -0.25) is 9.89 Å². The van der Waals surface area contributed by atoms with Gasteiger partial charge in [-0.15, -0.1) is 0 Å². The Morgan fingerprint density at radius 2 is 2.36 bits per heavy atom. The second-order valence-electron chi connectivity index (χ2n) is 5.95. The van der Waals surface area contributed by atoms with Gasteiger partial charge in [0.25, 0.3) is 0 Å². The lowest BCUT2D eigenvalue weighted by Crippen LogP contribution is -2.58. The molecule has 0 N–H and O–H groups in total. The number of likely N-dealkylation sites (tertiary alicyclic amines) is 1. The molecule has 3 aliphatic rings. The van der Waals surface area contributed by atoms with Crippen molar-refractivity contribution in [3.05, 3.63) is 54.6 Å². The van der Waals surface area contributed by atoms with E-state index in [1.165, 1.54) is 5.56 Å². The standard InChI is InChI=1S/C18H18N2O2/c1-2-12-22-17(21)20-11-10-18-9-5-8-15(20)16(18)19-14-7-4-3-6-13(14)18/h2-7,9,15H,1,8,10-12H2. The molecule has 1 amide bonds. The number of allylic oxidation sites excluding steroid dienone is 1. The third-order valence-electron chi connectivity index (χ3n) is 4.84. The third-order valence-corrected chi connectivity index (χ3v) is 4.84. The van der Waals surface area contributed by atoms with Crippen LogP contribution in [-0.4, -0.2) is 35.9 Å². The Labute approximate surface area is 129 Å². The lowest BCUT2D eigenvalue weighted by molar-refractivity contribution is 0.0970. The first-order chi connectivity index (χ1) is 10.8. The van der Waals surface area contributed by atoms with E-state index in [1.807, 2.05) is 11.0 Å². The fraction of sp³-hybridized carbons (Fsp3) is 0.333. The summed E-state index contributed by atoms with van der Waals surface area (Å²) >= 11 is 0. The molecule has 2 aliphatic heterocycles. The summed E-state index contributed by atoms with van der Waals surface area (Å²) in [5, 5.41) is 0. The van der Waals surface area contributed by atoms with Crippen molar-refractivity contribution >= 4 is 17.5 Å². The highest BCUT2D eigenvalue weighted by molar-refractivity contribution is 6.09. The summed E-state index contributed by atoms with van der Waals surface area (Å²) in [5.41, 5.74) is 3.28. The number of fused-ring (bicyclic) bond motifs is 1. The fourth-order valence-corrected chi connectivity index (χ4v) is 3.88. The molecule has 0 saturated carbocycles. The molecule has 4 rings (SSSR count). The molecule has 4 heteroatoms. The Bertz CT molecular complexity index is 707. The maximum atomic E-state index is 12.3. The molecular formula is C18H18N2O2. The molecule has 112 valence electrons. The van der Waals surface area contributed by atoms with Crippen molar-refractivity contribution < 1.29 is 9.53 Å². The molecule has 1 fully saturated rings. The Morgan fingerprint density at radius 1 is 1.50 bits per heavy atom. The zero-order valence-corrected chi connectivity index (χ0v) is 12.4. The molecule has 1 saturated heterocycles. The number of benzene rings is 1. The van der Waals surface area contributed by atoms with Crippen LogP contribution in [0.3, 0.4) is 0 Å². The van der Waals surface area contributed by atoms with Gasteiger partial charge in [0, 0.05) is 6.54 Å². The number of hydrogen-bond donors (Lipinski definition) is 0. The van der Waals surface area contributed by atoms with Gasteiger partial charge in [0.1, 0.15) is 6.61 Å². The van der Waals surface area contributed by atoms with Crippen molar-refractivity contribution in [2.24, 2.45) is 4.99 Å². The minimum atomic E-state index is -0.271. The van der Waals surface area contributed by atoms with Crippen LogP contribution in [0.1, 0.15) is 18.4 Å². The van der Waals surface area contributed by atoms with Gasteiger partial charge >= 0.3 is 6.09 Å². The number of nitrogens with zero attached hydrogens (tertiary/aromatic N) is 2. The molecule has 2 unspecified atom stereocenters. The van der Waals surface area contributed by atoms with E-state index in [1.54, 1.807) is 6.08 Å². The van der Waals surface area contributed by atoms with E-state index in [2.05, 4.69) is 36.9 Å². The first-order valence-corrected chi connectivity index (χ1v) is 7.67. The van der Waals surface area contributed by atoms with Crippen LogP contribution in [0.2, 0.25) is 0 Å². The second-order valence-corrected chi connectivity index (χ2v) is 5.95. The van der Waals surface area contributed by atoms with Crippen LogP contribution >= 0.6 is 0 Å². The summed E-state index contributed by atoms with van der Waals surface area (Å²) in [4.78, 5) is 19.0. The largest absolute Gasteiger partial charge is 0.445 e. The number of carbonyl (C=O) groups excluding carboxylic acids is 1. The number of amides is 1. The molecule has 2 heterocycles. The second kappa shape index (κ2) is 4.83. The zero-order chi connectivity index (χ0) is 15.2. The predicted molar refractivity (Wildman–Crippen MR) is 85.6 cm³/mol. The van der Waals surface area contributed by atoms with Crippen molar-refractivity contribution in [3.63, 3.8) is 0 Å². The SMILES string of the molecule is C=CCOC(=O)N1CCC23C=CCC1C2=Nc1ccccc13. The van der Waals surface area contributed by atoms with Gasteiger partial charge < -0.3 is 4.74 Å². The summed E-state index contributed by atoms with van der Waals surface area (Å²) < 4.78 is 5.24. The van der Waals surface area contributed by atoms with E-state index in [0.29, 0.717) is 6.54 Å². The van der Waals surface area contributed by atoms with E-state index >= 15 is 0 Å². The van der Waals surface area contributed by atoms with Gasteiger partial charge in [0.05, 0.1) is 22.9 Å². The predicted octanol–water partition coefficient (Wildman–Crippen LogP) is 3.37. The van der Waals surface area contributed by atoms with Crippen LogP contribution in [0.5, 0.6) is 0 Å². The Morgan fingerprint density at radius 3 is 3.23 bits per heavy atom. The molecular weight excluding hydrogens is 276 g/mol. The van der Waals surface area contributed by atoms with E-state index in [4.69, 9.17) is 9.73 Å². The van der Waals surface area contributed by atoms with Crippen LogP contribution in [0.4, 0.5) is 10.5 Å². The molecule has 4 nitrogen and oxygen atoms in total. The molecule has 22 heavy (non-hydrogen) atoms. The molecule has 2 atom stereocenters. The molecule has 0 radical (unpaired) electrons. The summed E-state index contributed by atoms with van der Waals surface area (Å²) in [7, 11) is 0. The van der Waals surface area contributed by atoms with Crippen molar-refractivity contribution in [1.29, 1.82) is 0 Å².